The number of carboxylic acid groups (broad SMARTS) is 1. The standard InChI is InChI=1S/C14H26N2O4/c1-6-11(17)15-10(7-8(2)3)13(18)16-12(9(4)5)14(19)20/h8-10,12H,6-7H2,1-5H3,(H,15,17)(H,16,18)(H,19,20). The summed E-state index contributed by atoms with van der Waals surface area (Å²) in [5.41, 5.74) is 0. The SMILES string of the molecule is CCC(=O)NC(CC(C)C)C(=O)NC(C(=O)O)C(C)C. The Hall–Kier alpha value is -1.59. The lowest BCUT2D eigenvalue weighted by Crippen LogP contribution is -2.53. The van der Waals surface area contributed by atoms with Crippen molar-refractivity contribution in [2.75, 3.05) is 0 Å². The van der Waals surface area contributed by atoms with Gasteiger partial charge in [0.2, 0.25) is 11.8 Å². The first kappa shape index (κ1) is 18.4. The molecule has 2 amide bonds. The van der Waals surface area contributed by atoms with E-state index in [1.54, 1.807) is 20.8 Å². The van der Waals surface area contributed by atoms with Crippen LogP contribution < -0.4 is 10.6 Å². The quantitative estimate of drug-likeness (QED) is 0.624. The van der Waals surface area contributed by atoms with Crippen LogP contribution >= 0.6 is 0 Å². The van der Waals surface area contributed by atoms with Crippen molar-refractivity contribution in [3.8, 4) is 0 Å². The Balaban J connectivity index is 4.84. The molecule has 0 saturated carbocycles. The highest BCUT2D eigenvalue weighted by Crippen LogP contribution is 2.08. The van der Waals surface area contributed by atoms with Gasteiger partial charge in [-0.3, -0.25) is 9.59 Å². The zero-order valence-corrected chi connectivity index (χ0v) is 12.9. The Bertz CT molecular complexity index is 353. The predicted molar refractivity (Wildman–Crippen MR) is 76.1 cm³/mol. The molecule has 0 spiro atoms. The van der Waals surface area contributed by atoms with Crippen LogP contribution in [0.15, 0.2) is 0 Å². The van der Waals surface area contributed by atoms with Crippen LogP contribution in [0.3, 0.4) is 0 Å². The summed E-state index contributed by atoms with van der Waals surface area (Å²) in [5.74, 6) is -1.74. The number of aliphatic carboxylic acids is 1. The van der Waals surface area contributed by atoms with E-state index in [1.165, 1.54) is 0 Å². The monoisotopic (exact) mass is 286 g/mol. The van der Waals surface area contributed by atoms with Gasteiger partial charge in [-0.1, -0.05) is 34.6 Å². The normalized spacial score (nSPS) is 13.9. The van der Waals surface area contributed by atoms with Gasteiger partial charge >= 0.3 is 5.97 Å². The number of carbonyl (C=O) groups is 3. The summed E-state index contributed by atoms with van der Waals surface area (Å²) in [6.45, 7) is 9.03. The highest BCUT2D eigenvalue weighted by atomic mass is 16.4. The molecule has 0 aromatic rings. The van der Waals surface area contributed by atoms with Crippen molar-refractivity contribution < 1.29 is 19.5 Å². The Labute approximate surface area is 120 Å². The molecule has 0 fully saturated rings. The lowest BCUT2D eigenvalue weighted by molar-refractivity contribution is -0.143. The second kappa shape index (κ2) is 8.55. The Morgan fingerprint density at radius 2 is 1.60 bits per heavy atom. The zero-order chi connectivity index (χ0) is 15.9. The van der Waals surface area contributed by atoms with E-state index >= 15 is 0 Å². The first-order valence-corrected chi connectivity index (χ1v) is 7.01. The maximum atomic E-state index is 12.2. The van der Waals surface area contributed by atoms with Crippen LogP contribution in [0.5, 0.6) is 0 Å². The molecule has 6 heteroatoms. The molecule has 0 radical (unpaired) electrons. The summed E-state index contributed by atoms with van der Waals surface area (Å²) < 4.78 is 0. The smallest absolute Gasteiger partial charge is 0.326 e. The second-order valence-electron chi connectivity index (χ2n) is 5.67. The zero-order valence-electron chi connectivity index (χ0n) is 12.9. The number of rotatable bonds is 8. The number of amides is 2. The molecular weight excluding hydrogens is 260 g/mol. The van der Waals surface area contributed by atoms with Gasteiger partial charge in [0, 0.05) is 6.42 Å². The van der Waals surface area contributed by atoms with Gasteiger partial charge in [0.05, 0.1) is 0 Å². The van der Waals surface area contributed by atoms with Crippen molar-refractivity contribution in [1.29, 1.82) is 0 Å². The molecule has 0 heterocycles. The lowest BCUT2D eigenvalue weighted by Gasteiger charge is -2.24. The largest absolute Gasteiger partial charge is 0.480 e. The number of carbonyl (C=O) groups excluding carboxylic acids is 2. The van der Waals surface area contributed by atoms with Crippen LogP contribution in [-0.2, 0) is 14.4 Å². The fourth-order valence-electron chi connectivity index (χ4n) is 1.77. The summed E-state index contributed by atoms with van der Waals surface area (Å²) >= 11 is 0. The van der Waals surface area contributed by atoms with Crippen LogP contribution in [0.2, 0.25) is 0 Å². The van der Waals surface area contributed by atoms with E-state index in [1.807, 2.05) is 13.8 Å². The number of nitrogens with one attached hydrogen (secondary N) is 2. The summed E-state index contributed by atoms with van der Waals surface area (Å²) in [6, 6.07) is -1.64. The molecular formula is C14H26N2O4. The molecule has 0 bridgehead atoms. The topological polar surface area (TPSA) is 95.5 Å². The minimum absolute atomic E-state index is 0.213. The van der Waals surface area contributed by atoms with Gasteiger partial charge in [-0.05, 0) is 18.3 Å². The van der Waals surface area contributed by atoms with E-state index in [-0.39, 0.29) is 24.2 Å². The van der Waals surface area contributed by atoms with Gasteiger partial charge in [-0.25, -0.2) is 4.79 Å². The van der Waals surface area contributed by atoms with Crippen molar-refractivity contribution in [3.05, 3.63) is 0 Å². The molecule has 0 aromatic heterocycles. The number of carboxylic acids is 1. The first-order chi connectivity index (χ1) is 9.18. The Kier molecular flexibility index (Phi) is 7.87. The van der Waals surface area contributed by atoms with Crippen LogP contribution in [-0.4, -0.2) is 35.0 Å². The van der Waals surface area contributed by atoms with Gasteiger partial charge in [0.25, 0.3) is 0 Å². The van der Waals surface area contributed by atoms with Gasteiger partial charge in [-0.2, -0.15) is 0 Å². The van der Waals surface area contributed by atoms with Crippen LogP contribution in [0, 0.1) is 11.8 Å². The van der Waals surface area contributed by atoms with E-state index in [2.05, 4.69) is 10.6 Å². The third kappa shape index (κ3) is 6.54. The third-order valence-electron chi connectivity index (χ3n) is 2.91. The summed E-state index contributed by atoms with van der Waals surface area (Å²) in [7, 11) is 0. The molecule has 0 aliphatic rings. The van der Waals surface area contributed by atoms with Gasteiger partial charge in [-0.15, -0.1) is 0 Å². The average Bonchev–Trinajstić information content (AvgIpc) is 2.33. The minimum Gasteiger partial charge on any atom is -0.480 e. The molecule has 0 saturated heterocycles. The maximum Gasteiger partial charge on any atom is 0.326 e. The van der Waals surface area contributed by atoms with Crippen LogP contribution in [0.4, 0.5) is 0 Å². The summed E-state index contributed by atoms with van der Waals surface area (Å²) in [5, 5.41) is 14.2. The van der Waals surface area contributed by atoms with Crippen LogP contribution in [0.1, 0.15) is 47.5 Å². The molecule has 6 nitrogen and oxygen atoms in total. The molecule has 2 atom stereocenters. The van der Waals surface area contributed by atoms with Crippen LogP contribution in [0.25, 0.3) is 0 Å². The van der Waals surface area contributed by atoms with E-state index in [0.29, 0.717) is 6.42 Å². The molecule has 0 aliphatic heterocycles. The van der Waals surface area contributed by atoms with Gasteiger partial charge in [0.1, 0.15) is 12.1 Å². The molecule has 116 valence electrons. The van der Waals surface area contributed by atoms with Crippen molar-refractivity contribution in [3.63, 3.8) is 0 Å². The Morgan fingerprint density at radius 1 is 1.05 bits per heavy atom. The fraction of sp³-hybridized carbons (Fsp3) is 0.786. The summed E-state index contributed by atoms with van der Waals surface area (Å²) in [6.07, 6.45) is 0.760. The summed E-state index contributed by atoms with van der Waals surface area (Å²) in [4.78, 5) is 34.7. The van der Waals surface area contributed by atoms with Gasteiger partial charge in [0.15, 0.2) is 0 Å². The molecule has 3 N–H and O–H groups in total. The highest BCUT2D eigenvalue weighted by molar-refractivity contribution is 5.90. The third-order valence-corrected chi connectivity index (χ3v) is 2.91. The maximum absolute atomic E-state index is 12.2. The minimum atomic E-state index is -1.07. The first-order valence-electron chi connectivity index (χ1n) is 7.01. The van der Waals surface area contributed by atoms with Crippen molar-refractivity contribution in [2.45, 2.75) is 59.5 Å². The molecule has 0 rings (SSSR count). The second-order valence-corrected chi connectivity index (χ2v) is 5.67. The van der Waals surface area contributed by atoms with Crippen molar-refractivity contribution in [2.24, 2.45) is 11.8 Å². The average molecular weight is 286 g/mol. The van der Waals surface area contributed by atoms with Crippen molar-refractivity contribution >= 4 is 17.8 Å². The highest BCUT2D eigenvalue weighted by Gasteiger charge is 2.28. The Morgan fingerprint density at radius 3 is 1.95 bits per heavy atom. The van der Waals surface area contributed by atoms with E-state index in [0.717, 1.165) is 0 Å². The van der Waals surface area contributed by atoms with Crippen molar-refractivity contribution in [1.82, 2.24) is 10.6 Å². The molecule has 2 unspecified atom stereocenters. The number of hydrogen-bond acceptors (Lipinski definition) is 3. The lowest BCUT2D eigenvalue weighted by atomic mass is 10.0. The van der Waals surface area contributed by atoms with E-state index in [9.17, 15) is 14.4 Å². The van der Waals surface area contributed by atoms with E-state index in [4.69, 9.17) is 5.11 Å². The fourth-order valence-corrected chi connectivity index (χ4v) is 1.77. The van der Waals surface area contributed by atoms with E-state index < -0.39 is 24.0 Å². The molecule has 0 aliphatic carbocycles. The molecule has 0 aromatic carbocycles. The van der Waals surface area contributed by atoms with Gasteiger partial charge < -0.3 is 15.7 Å². The number of hydrogen-bond donors (Lipinski definition) is 3. The predicted octanol–water partition coefficient (Wildman–Crippen LogP) is 1.15. The molecule has 20 heavy (non-hydrogen) atoms.